The van der Waals surface area contributed by atoms with Gasteiger partial charge in [-0.3, -0.25) is 0 Å². The zero-order valence-electron chi connectivity index (χ0n) is 10.6. The summed E-state index contributed by atoms with van der Waals surface area (Å²) >= 11 is 4.29. The highest BCUT2D eigenvalue weighted by Crippen LogP contribution is 2.15. The van der Waals surface area contributed by atoms with Crippen molar-refractivity contribution in [3.8, 4) is 5.75 Å². The third-order valence-electron chi connectivity index (χ3n) is 2.87. The summed E-state index contributed by atoms with van der Waals surface area (Å²) in [6.07, 6.45) is 2.11. The summed E-state index contributed by atoms with van der Waals surface area (Å²) in [4.78, 5) is 1.01. The van der Waals surface area contributed by atoms with E-state index in [1.165, 1.54) is 11.1 Å². The Labute approximate surface area is 114 Å². The zero-order valence-corrected chi connectivity index (χ0v) is 11.5. The molecule has 0 amide bonds. The van der Waals surface area contributed by atoms with Gasteiger partial charge in [0.25, 0.3) is 0 Å². The molecular formula is C16H18OS. The molecule has 94 valence electrons. The smallest absolute Gasteiger partial charge is 0.119 e. The average Bonchev–Trinajstić information content (AvgIpc) is 2.40. The standard InChI is InChI=1S/C16H18OS/c1-2-17-15-9-5-13(6-10-15)3-4-14-7-11-16(18)12-8-14/h5-12,18H,2-4H2,1H3. The molecule has 1 nitrogen and oxygen atoms in total. The molecular weight excluding hydrogens is 240 g/mol. The van der Waals surface area contributed by atoms with Gasteiger partial charge in [0.15, 0.2) is 0 Å². The van der Waals surface area contributed by atoms with Crippen LogP contribution in [-0.4, -0.2) is 6.61 Å². The van der Waals surface area contributed by atoms with Gasteiger partial charge in [0.05, 0.1) is 6.61 Å². The van der Waals surface area contributed by atoms with E-state index < -0.39 is 0 Å². The quantitative estimate of drug-likeness (QED) is 0.792. The second-order valence-electron chi connectivity index (χ2n) is 4.24. The molecule has 0 spiro atoms. The van der Waals surface area contributed by atoms with Gasteiger partial charge in [-0.2, -0.15) is 0 Å². The molecule has 18 heavy (non-hydrogen) atoms. The highest BCUT2D eigenvalue weighted by atomic mass is 32.1. The Bertz CT molecular complexity index is 473. The summed E-state index contributed by atoms with van der Waals surface area (Å²) in [6, 6.07) is 16.7. The fourth-order valence-corrected chi connectivity index (χ4v) is 2.02. The first kappa shape index (κ1) is 13.0. The van der Waals surface area contributed by atoms with Gasteiger partial charge in [0, 0.05) is 4.90 Å². The third-order valence-corrected chi connectivity index (χ3v) is 3.17. The maximum Gasteiger partial charge on any atom is 0.119 e. The van der Waals surface area contributed by atoms with Crippen molar-refractivity contribution in [1.82, 2.24) is 0 Å². The molecule has 2 aromatic carbocycles. The summed E-state index contributed by atoms with van der Waals surface area (Å²) in [6.45, 7) is 2.72. The molecule has 2 rings (SSSR count). The molecule has 0 aliphatic carbocycles. The SMILES string of the molecule is CCOc1ccc(CCc2ccc(S)cc2)cc1. The first-order valence-electron chi connectivity index (χ1n) is 6.27. The van der Waals surface area contributed by atoms with Crippen LogP contribution in [0, 0.1) is 0 Å². The van der Waals surface area contributed by atoms with Gasteiger partial charge in [-0.1, -0.05) is 24.3 Å². The first-order valence-corrected chi connectivity index (χ1v) is 6.72. The van der Waals surface area contributed by atoms with Crippen LogP contribution in [0.5, 0.6) is 5.75 Å². The van der Waals surface area contributed by atoms with E-state index in [9.17, 15) is 0 Å². The fraction of sp³-hybridized carbons (Fsp3) is 0.250. The van der Waals surface area contributed by atoms with E-state index in [1.807, 2.05) is 31.2 Å². The summed E-state index contributed by atoms with van der Waals surface area (Å²) in [5, 5.41) is 0. The minimum Gasteiger partial charge on any atom is -0.494 e. The summed E-state index contributed by atoms with van der Waals surface area (Å²) in [7, 11) is 0. The van der Waals surface area contributed by atoms with Crippen molar-refractivity contribution in [3.05, 3.63) is 59.7 Å². The maximum absolute atomic E-state index is 5.43. The van der Waals surface area contributed by atoms with Gasteiger partial charge in [-0.05, 0) is 55.2 Å². The van der Waals surface area contributed by atoms with Crippen LogP contribution in [0.25, 0.3) is 0 Å². The number of benzene rings is 2. The molecule has 0 aromatic heterocycles. The Kier molecular flexibility index (Phi) is 4.71. The number of rotatable bonds is 5. The van der Waals surface area contributed by atoms with Crippen LogP contribution in [0.3, 0.4) is 0 Å². The molecule has 0 aliphatic heterocycles. The molecule has 0 radical (unpaired) electrons. The van der Waals surface area contributed by atoms with Gasteiger partial charge >= 0.3 is 0 Å². The zero-order chi connectivity index (χ0) is 12.8. The molecule has 0 saturated heterocycles. The van der Waals surface area contributed by atoms with E-state index in [2.05, 4.69) is 36.9 Å². The Morgan fingerprint density at radius 3 is 1.83 bits per heavy atom. The van der Waals surface area contributed by atoms with Gasteiger partial charge < -0.3 is 4.74 Å². The van der Waals surface area contributed by atoms with E-state index >= 15 is 0 Å². The Balaban J connectivity index is 1.91. The second kappa shape index (κ2) is 6.50. The molecule has 0 aliphatic rings. The lowest BCUT2D eigenvalue weighted by Crippen LogP contribution is -1.93. The third kappa shape index (κ3) is 3.81. The molecule has 0 bridgehead atoms. The molecule has 0 saturated carbocycles. The predicted octanol–water partition coefficient (Wildman–Crippen LogP) is 4.16. The van der Waals surface area contributed by atoms with Crippen LogP contribution in [0.4, 0.5) is 0 Å². The van der Waals surface area contributed by atoms with E-state index in [0.717, 1.165) is 30.1 Å². The maximum atomic E-state index is 5.43. The van der Waals surface area contributed by atoms with Crippen molar-refractivity contribution < 1.29 is 4.74 Å². The number of hydrogen-bond donors (Lipinski definition) is 1. The van der Waals surface area contributed by atoms with Crippen LogP contribution in [0.2, 0.25) is 0 Å². The lowest BCUT2D eigenvalue weighted by Gasteiger charge is -2.05. The topological polar surface area (TPSA) is 9.23 Å². The molecule has 2 heteroatoms. The second-order valence-corrected chi connectivity index (χ2v) is 4.76. The van der Waals surface area contributed by atoms with E-state index in [0.29, 0.717) is 0 Å². The fourth-order valence-electron chi connectivity index (χ4n) is 1.87. The number of ether oxygens (including phenoxy) is 1. The molecule has 0 heterocycles. The summed E-state index contributed by atoms with van der Waals surface area (Å²) in [5.41, 5.74) is 2.69. The monoisotopic (exact) mass is 258 g/mol. The molecule has 2 aromatic rings. The Hall–Kier alpha value is -1.41. The molecule has 0 N–H and O–H groups in total. The van der Waals surface area contributed by atoms with Crippen LogP contribution in [-0.2, 0) is 12.8 Å². The van der Waals surface area contributed by atoms with Gasteiger partial charge in [0.2, 0.25) is 0 Å². The van der Waals surface area contributed by atoms with Crippen LogP contribution < -0.4 is 4.74 Å². The number of hydrogen-bond acceptors (Lipinski definition) is 2. The van der Waals surface area contributed by atoms with Crippen molar-refractivity contribution in [2.75, 3.05) is 6.61 Å². The number of aryl methyl sites for hydroxylation is 2. The minimum absolute atomic E-state index is 0.718. The largest absolute Gasteiger partial charge is 0.494 e. The van der Waals surface area contributed by atoms with Crippen molar-refractivity contribution in [2.24, 2.45) is 0 Å². The lowest BCUT2D eigenvalue weighted by molar-refractivity contribution is 0.340. The van der Waals surface area contributed by atoms with Crippen molar-refractivity contribution in [3.63, 3.8) is 0 Å². The summed E-state index contributed by atoms with van der Waals surface area (Å²) < 4.78 is 5.43. The van der Waals surface area contributed by atoms with Gasteiger partial charge in [0.1, 0.15) is 5.75 Å². The van der Waals surface area contributed by atoms with E-state index in [-0.39, 0.29) is 0 Å². The minimum atomic E-state index is 0.718. The van der Waals surface area contributed by atoms with E-state index in [1.54, 1.807) is 0 Å². The normalized spacial score (nSPS) is 10.3. The van der Waals surface area contributed by atoms with Crippen LogP contribution in [0.15, 0.2) is 53.4 Å². The van der Waals surface area contributed by atoms with Crippen LogP contribution >= 0.6 is 12.6 Å². The summed E-state index contributed by atoms with van der Waals surface area (Å²) in [5.74, 6) is 0.945. The van der Waals surface area contributed by atoms with Crippen LogP contribution in [0.1, 0.15) is 18.1 Å². The van der Waals surface area contributed by atoms with Crippen molar-refractivity contribution in [2.45, 2.75) is 24.7 Å². The van der Waals surface area contributed by atoms with Gasteiger partial charge in [-0.25, -0.2) is 0 Å². The van der Waals surface area contributed by atoms with Crippen molar-refractivity contribution >= 4 is 12.6 Å². The first-order chi connectivity index (χ1) is 8.78. The van der Waals surface area contributed by atoms with Gasteiger partial charge in [-0.15, -0.1) is 12.6 Å². The Morgan fingerprint density at radius 2 is 1.33 bits per heavy atom. The van der Waals surface area contributed by atoms with E-state index in [4.69, 9.17) is 4.74 Å². The average molecular weight is 258 g/mol. The van der Waals surface area contributed by atoms with Crippen molar-refractivity contribution in [1.29, 1.82) is 0 Å². The highest BCUT2D eigenvalue weighted by Gasteiger charge is 1.97. The number of thiol groups is 1. The molecule has 0 unspecified atom stereocenters. The molecule has 0 fully saturated rings. The lowest BCUT2D eigenvalue weighted by atomic mass is 10.0. The predicted molar refractivity (Wildman–Crippen MR) is 78.7 cm³/mol. The Morgan fingerprint density at radius 1 is 0.833 bits per heavy atom. The highest BCUT2D eigenvalue weighted by molar-refractivity contribution is 7.80. The molecule has 0 atom stereocenters.